The number of nitrogens with one attached hydrogen (secondary N) is 1. The zero-order valence-electron chi connectivity index (χ0n) is 10.4. The number of anilines is 1. The highest BCUT2D eigenvalue weighted by atomic mass is 35.5. The molecule has 1 fully saturated rings. The van der Waals surface area contributed by atoms with Gasteiger partial charge in [-0.1, -0.05) is 11.6 Å². The van der Waals surface area contributed by atoms with Crippen molar-refractivity contribution in [3.05, 3.63) is 28.8 Å². The first-order valence-corrected chi connectivity index (χ1v) is 6.67. The number of carboxylic acid groups (broad SMARTS) is 1. The van der Waals surface area contributed by atoms with Crippen molar-refractivity contribution in [2.75, 3.05) is 5.32 Å². The first-order valence-electron chi connectivity index (χ1n) is 6.29. The summed E-state index contributed by atoms with van der Waals surface area (Å²) in [5.74, 6) is -0.938. The Morgan fingerprint density at radius 2 is 2.05 bits per heavy atom. The van der Waals surface area contributed by atoms with Gasteiger partial charge in [0.2, 0.25) is 0 Å². The van der Waals surface area contributed by atoms with E-state index < -0.39 is 5.97 Å². The summed E-state index contributed by atoms with van der Waals surface area (Å²) in [5, 5.41) is 21.9. The number of hydrogen-bond acceptors (Lipinski definition) is 3. The largest absolute Gasteiger partial charge is 0.481 e. The minimum Gasteiger partial charge on any atom is -0.481 e. The minimum absolute atomic E-state index is 0.209. The molecule has 0 bridgehead atoms. The maximum Gasteiger partial charge on any atom is 0.306 e. The summed E-state index contributed by atoms with van der Waals surface area (Å²) in [5.41, 5.74) is 1.29. The Kier molecular flexibility index (Phi) is 4.28. The van der Waals surface area contributed by atoms with Crippen molar-refractivity contribution >= 4 is 23.3 Å². The Labute approximate surface area is 117 Å². The quantitative estimate of drug-likeness (QED) is 0.890. The molecule has 100 valence electrons. The molecule has 1 saturated carbocycles. The van der Waals surface area contributed by atoms with Crippen LogP contribution >= 0.6 is 11.6 Å². The second-order valence-electron chi connectivity index (χ2n) is 4.83. The first-order chi connectivity index (χ1) is 9.10. The van der Waals surface area contributed by atoms with Crippen molar-refractivity contribution in [2.45, 2.75) is 31.7 Å². The maximum absolute atomic E-state index is 10.9. The molecule has 0 radical (unpaired) electrons. The molecule has 0 spiro atoms. The number of carboxylic acids is 1. The Morgan fingerprint density at radius 1 is 1.37 bits per heavy atom. The number of nitrogens with zero attached hydrogens (tertiary/aromatic N) is 1. The van der Waals surface area contributed by atoms with E-state index in [1.165, 1.54) is 0 Å². The van der Waals surface area contributed by atoms with E-state index in [0.29, 0.717) is 23.4 Å². The van der Waals surface area contributed by atoms with Crippen molar-refractivity contribution in [1.82, 2.24) is 0 Å². The summed E-state index contributed by atoms with van der Waals surface area (Å²) >= 11 is 5.93. The zero-order chi connectivity index (χ0) is 13.8. The molecule has 1 aliphatic rings. The van der Waals surface area contributed by atoms with E-state index in [-0.39, 0.29) is 12.0 Å². The number of nitriles is 1. The Balaban J connectivity index is 2.01. The molecule has 1 aromatic carbocycles. The van der Waals surface area contributed by atoms with Gasteiger partial charge in [-0.25, -0.2) is 0 Å². The van der Waals surface area contributed by atoms with Crippen molar-refractivity contribution in [2.24, 2.45) is 5.92 Å². The molecule has 0 aromatic heterocycles. The normalized spacial score (nSPS) is 22.5. The number of halogens is 1. The van der Waals surface area contributed by atoms with Crippen LogP contribution in [0.2, 0.25) is 5.02 Å². The van der Waals surface area contributed by atoms with E-state index >= 15 is 0 Å². The van der Waals surface area contributed by atoms with Crippen LogP contribution in [0, 0.1) is 17.2 Å². The van der Waals surface area contributed by atoms with Crippen LogP contribution in [-0.2, 0) is 4.79 Å². The van der Waals surface area contributed by atoms with Gasteiger partial charge in [-0.15, -0.1) is 0 Å². The van der Waals surface area contributed by atoms with Crippen molar-refractivity contribution in [3.8, 4) is 6.07 Å². The number of benzene rings is 1. The fraction of sp³-hybridized carbons (Fsp3) is 0.429. The van der Waals surface area contributed by atoms with Gasteiger partial charge in [-0.2, -0.15) is 5.26 Å². The highest BCUT2D eigenvalue weighted by molar-refractivity contribution is 6.30. The number of rotatable bonds is 3. The third-order valence-electron chi connectivity index (χ3n) is 3.54. The van der Waals surface area contributed by atoms with Gasteiger partial charge in [0.25, 0.3) is 0 Å². The average molecular weight is 279 g/mol. The molecule has 4 nitrogen and oxygen atoms in total. The van der Waals surface area contributed by atoms with Crippen molar-refractivity contribution in [3.63, 3.8) is 0 Å². The van der Waals surface area contributed by atoms with Crippen LogP contribution < -0.4 is 5.32 Å². The third-order valence-corrected chi connectivity index (χ3v) is 3.77. The molecule has 5 heteroatoms. The van der Waals surface area contributed by atoms with Crippen LogP contribution in [0.25, 0.3) is 0 Å². The average Bonchev–Trinajstić information content (AvgIpc) is 2.39. The van der Waals surface area contributed by atoms with Gasteiger partial charge in [0.05, 0.1) is 17.2 Å². The molecule has 0 atom stereocenters. The van der Waals surface area contributed by atoms with Crippen LogP contribution in [0.1, 0.15) is 31.2 Å². The smallest absolute Gasteiger partial charge is 0.306 e. The van der Waals surface area contributed by atoms with Gasteiger partial charge in [0.1, 0.15) is 6.07 Å². The summed E-state index contributed by atoms with van der Waals surface area (Å²) in [6.07, 6.45) is 2.95. The van der Waals surface area contributed by atoms with Crippen LogP contribution in [0.4, 0.5) is 5.69 Å². The second kappa shape index (κ2) is 5.94. The summed E-state index contributed by atoms with van der Waals surface area (Å²) < 4.78 is 0. The summed E-state index contributed by atoms with van der Waals surface area (Å²) in [6.45, 7) is 0. The van der Waals surface area contributed by atoms with Gasteiger partial charge < -0.3 is 10.4 Å². The first kappa shape index (κ1) is 13.7. The molecular formula is C14H15ClN2O2. The lowest BCUT2D eigenvalue weighted by Crippen LogP contribution is -2.29. The highest BCUT2D eigenvalue weighted by Crippen LogP contribution is 2.28. The van der Waals surface area contributed by atoms with Gasteiger partial charge in [-0.05, 0) is 43.9 Å². The molecule has 0 heterocycles. The topological polar surface area (TPSA) is 73.1 Å². The summed E-state index contributed by atoms with van der Waals surface area (Å²) in [6, 6.07) is 7.45. The zero-order valence-corrected chi connectivity index (χ0v) is 11.2. The Hall–Kier alpha value is -1.73. The SMILES string of the molecule is N#Cc1ccc(Cl)cc1NC1CCC(C(=O)O)CC1. The van der Waals surface area contributed by atoms with E-state index in [0.717, 1.165) is 18.5 Å². The predicted octanol–water partition coefficient (Wildman–Crippen LogP) is 3.27. The van der Waals surface area contributed by atoms with Gasteiger partial charge >= 0.3 is 5.97 Å². The monoisotopic (exact) mass is 278 g/mol. The van der Waals surface area contributed by atoms with E-state index in [9.17, 15) is 4.79 Å². The lowest BCUT2D eigenvalue weighted by molar-refractivity contribution is -0.142. The van der Waals surface area contributed by atoms with Crippen molar-refractivity contribution < 1.29 is 9.90 Å². The lowest BCUT2D eigenvalue weighted by Gasteiger charge is -2.28. The Bertz CT molecular complexity index is 517. The maximum atomic E-state index is 10.9. The molecule has 0 saturated heterocycles. The minimum atomic E-state index is -0.709. The molecule has 2 rings (SSSR count). The summed E-state index contributed by atoms with van der Waals surface area (Å²) in [7, 11) is 0. The van der Waals surface area contributed by atoms with E-state index in [4.69, 9.17) is 22.0 Å². The van der Waals surface area contributed by atoms with E-state index in [2.05, 4.69) is 11.4 Å². The predicted molar refractivity (Wildman–Crippen MR) is 73.2 cm³/mol. The fourth-order valence-electron chi connectivity index (χ4n) is 2.44. The molecule has 0 aliphatic heterocycles. The molecular weight excluding hydrogens is 264 g/mol. The molecule has 19 heavy (non-hydrogen) atoms. The second-order valence-corrected chi connectivity index (χ2v) is 5.27. The summed E-state index contributed by atoms with van der Waals surface area (Å²) in [4.78, 5) is 10.9. The number of carbonyl (C=O) groups is 1. The fourth-order valence-corrected chi connectivity index (χ4v) is 2.61. The van der Waals surface area contributed by atoms with Gasteiger partial charge in [0, 0.05) is 11.1 Å². The Morgan fingerprint density at radius 3 is 2.63 bits per heavy atom. The van der Waals surface area contributed by atoms with Crippen molar-refractivity contribution in [1.29, 1.82) is 5.26 Å². The molecule has 1 aromatic rings. The van der Waals surface area contributed by atoms with Gasteiger partial charge in [-0.3, -0.25) is 4.79 Å². The van der Waals surface area contributed by atoms with E-state index in [1.54, 1.807) is 18.2 Å². The highest BCUT2D eigenvalue weighted by Gasteiger charge is 2.26. The van der Waals surface area contributed by atoms with Crippen LogP contribution in [0.3, 0.4) is 0 Å². The van der Waals surface area contributed by atoms with Gasteiger partial charge in [0.15, 0.2) is 0 Å². The number of aliphatic carboxylic acids is 1. The standard InChI is InChI=1S/C14H15ClN2O2/c15-11-4-1-10(8-16)13(7-11)17-12-5-2-9(3-6-12)14(18)19/h1,4,7,9,12,17H,2-3,5-6H2,(H,18,19). The number of hydrogen-bond donors (Lipinski definition) is 2. The molecule has 1 aliphatic carbocycles. The molecule has 0 amide bonds. The lowest BCUT2D eigenvalue weighted by atomic mass is 9.86. The third kappa shape index (κ3) is 3.39. The van der Waals surface area contributed by atoms with Crippen LogP contribution in [-0.4, -0.2) is 17.1 Å². The molecule has 2 N–H and O–H groups in total. The van der Waals surface area contributed by atoms with E-state index in [1.807, 2.05) is 0 Å². The van der Waals surface area contributed by atoms with Crippen LogP contribution in [0.15, 0.2) is 18.2 Å². The molecule has 0 unspecified atom stereocenters. The van der Waals surface area contributed by atoms with Crippen LogP contribution in [0.5, 0.6) is 0 Å².